The fourth-order valence-corrected chi connectivity index (χ4v) is 4.32. The number of hydrogen-bond acceptors (Lipinski definition) is 3. The van der Waals surface area contributed by atoms with Crippen molar-refractivity contribution in [3.05, 3.63) is 112 Å². The van der Waals surface area contributed by atoms with E-state index in [0.717, 1.165) is 21.1 Å². The quantitative estimate of drug-likeness (QED) is 0.413. The topological polar surface area (TPSA) is 68.9 Å². The Morgan fingerprint density at radius 3 is 2.47 bits per heavy atom. The zero-order valence-electron chi connectivity index (χ0n) is 18.6. The van der Waals surface area contributed by atoms with Gasteiger partial charge in [-0.05, 0) is 24.6 Å². The Kier molecular flexibility index (Phi) is 5.67. The number of aromatic nitrogens is 3. The van der Waals surface area contributed by atoms with Gasteiger partial charge in [0.15, 0.2) is 0 Å². The van der Waals surface area contributed by atoms with Crippen LogP contribution in [0.1, 0.15) is 24.1 Å². The number of benzene rings is 3. The molecule has 170 valence electrons. The highest BCUT2D eigenvalue weighted by molar-refractivity contribution is 6.07. The second kappa shape index (κ2) is 8.94. The highest BCUT2D eigenvalue weighted by atomic mass is 19.1. The van der Waals surface area contributed by atoms with E-state index in [0.29, 0.717) is 16.5 Å². The Morgan fingerprint density at radius 1 is 0.971 bits per heavy atom. The lowest BCUT2D eigenvalue weighted by Crippen LogP contribution is -2.35. The number of amides is 1. The number of nitrogens with one attached hydrogen (secondary N) is 1. The molecular weight excluding hydrogens is 431 g/mol. The van der Waals surface area contributed by atoms with Crippen LogP contribution in [0.3, 0.4) is 0 Å². The average molecular weight is 455 g/mol. The van der Waals surface area contributed by atoms with Crippen molar-refractivity contribution in [3.63, 3.8) is 0 Å². The number of fused-ring (bicyclic) bond motifs is 3. The van der Waals surface area contributed by atoms with E-state index in [2.05, 4.69) is 10.4 Å². The van der Waals surface area contributed by atoms with Gasteiger partial charge in [0.25, 0.3) is 5.56 Å². The number of hydrogen-bond donors (Lipinski definition) is 1. The van der Waals surface area contributed by atoms with E-state index in [9.17, 15) is 14.0 Å². The minimum Gasteiger partial charge on any atom is -0.348 e. The highest BCUT2D eigenvalue weighted by Crippen LogP contribution is 2.27. The molecule has 1 amide bonds. The summed E-state index contributed by atoms with van der Waals surface area (Å²) in [5.74, 6) is -0.654. The van der Waals surface area contributed by atoms with Gasteiger partial charge in [0.1, 0.15) is 17.9 Å². The van der Waals surface area contributed by atoms with Crippen LogP contribution in [0.4, 0.5) is 4.39 Å². The molecule has 5 rings (SSSR count). The van der Waals surface area contributed by atoms with Crippen LogP contribution in [0.5, 0.6) is 0 Å². The van der Waals surface area contributed by atoms with Crippen LogP contribution in [-0.2, 0) is 17.9 Å². The lowest BCUT2D eigenvalue weighted by Gasteiger charge is -2.14. The van der Waals surface area contributed by atoms with Crippen LogP contribution in [0, 0.1) is 5.82 Å². The molecule has 6 nitrogen and oxygen atoms in total. The predicted octanol–water partition coefficient (Wildman–Crippen LogP) is 4.42. The van der Waals surface area contributed by atoms with Crippen molar-refractivity contribution < 1.29 is 9.18 Å². The summed E-state index contributed by atoms with van der Waals surface area (Å²) >= 11 is 0. The van der Waals surface area contributed by atoms with Crippen LogP contribution in [0.2, 0.25) is 0 Å². The molecule has 0 bridgehead atoms. The average Bonchev–Trinajstić information content (AvgIpc) is 3.17. The van der Waals surface area contributed by atoms with E-state index in [1.807, 2.05) is 61.5 Å². The summed E-state index contributed by atoms with van der Waals surface area (Å²) in [6, 6.07) is 23.5. The fraction of sp³-hybridized carbons (Fsp3) is 0.148. The summed E-state index contributed by atoms with van der Waals surface area (Å²) in [5, 5.41) is 8.71. The molecule has 0 saturated carbocycles. The molecule has 0 unspecified atom stereocenters. The maximum Gasteiger partial charge on any atom is 0.291 e. The molecule has 0 aliphatic rings. The first-order valence-corrected chi connectivity index (χ1v) is 11.1. The Bertz CT molecular complexity index is 1560. The third-order valence-electron chi connectivity index (χ3n) is 6.03. The number of nitrogens with zero attached hydrogens (tertiary/aromatic N) is 3. The van der Waals surface area contributed by atoms with E-state index in [4.69, 9.17) is 0 Å². The van der Waals surface area contributed by atoms with Crippen LogP contribution in [0.25, 0.3) is 21.8 Å². The molecule has 0 aliphatic heterocycles. The summed E-state index contributed by atoms with van der Waals surface area (Å²) in [4.78, 5) is 26.2. The maximum atomic E-state index is 14.4. The first-order chi connectivity index (χ1) is 16.5. The molecular formula is C27H23FN4O2. The van der Waals surface area contributed by atoms with Gasteiger partial charge in [-0.2, -0.15) is 5.10 Å². The van der Waals surface area contributed by atoms with Gasteiger partial charge in [0.05, 0.1) is 18.8 Å². The van der Waals surface area contributed by atoms with Gasteiger partial charge in [0, 0.05) is 21.9 Å². The number of carbonyl (C=O) groups excluding carboxylic acids is 1. The SMILES string of the molecule is C[C@@H](NC(=O)Cn1ncc2c3ccccc3n(Cc3ccccc3F)c2c1=O)c1ccccc1. The van der Waals surface area contributed by atoms with Crippen molar-refractivity contribution in [2.24, 2.45) is 0 Å². The number of carbonyl (C=O) groups is 1. The zero-order valence-corrected chi connectivity index (χ0v) is 18.6. The minimum atomic E-state index is -0.396. The molecule has 2 aromatic heterocycles. The summed E-state index contributed by atoms with van der Waals surface area (Å²) in [5.41, 5.74) is 2.24. The maximum absolute atomic E-state index is 14.4. The number of rotatable bonds is 6. The monoisotopic (exact) mass is 454 g/mol. The summed E-state index contributed by atoms with van der Waals surface area (Å²) in [6.45, 7) is 1.86. The Morgan fingerprint density at radius 2 is 1.68 bits per heavy atom. The normalized spacial score (nSPS) is 12.2. The lowest BCUT2D eigenvalue weighted by atomic mass is 10.1. The molecule has 0 fully saturated rings. The second-order valence-corrected chi connectivity index (χ2v) is 8.26. The molecule has 1 N–H and O–H groups in total. The van der Waals surface area contributed by atoms with Crippen molar-refractivity contribution in [2.75, 3.05) is 0 Å². The van der Waals surface area contributed by atoms with Gasteiger partial charge < -0.3 is 9.88 Å². The third kappa shape index (κ3) is 3.96. The van der Waals surface area contributed by atoms with Crippen molar-refractivity contribution in [3.8, 4) is 0 Å². The van der Waals surface area contributed by atoms with Crippen molar-refractivity contribution in [1.29, 1.82) is 0 Å². The van der Waals surface area contributed by atoms with E-state index in [1.54, 1.807) is 29.0 Å². The van der Waals surface area contributed by atoms with Gasteiger partial charge >= 0.3 is 0 Å². The molecule has 1 atom stereocenters. The van der Waals surface area contributed by atoms with Crippen LogP contribution in [-0.4, -0.2) is 20.3 Å². The summed E-state index contributed by atoms with van der Waals surface area (Å²) in [7, 11) is 0. The van der Waals surface area contributed by atoms with Gasteiger partial charge in [0.2, 0.25) is 5.91 Å². The molecule has 7 heteroatoms. The molecule has 0 saturated heterocycles. The smallest absolute Gasteiger partial charge is 0.291 e. The van der Waals surface area contributed by atoms with Crippen LogP contribution >= 0.6 is 0 Å². The van der Waals surface area contributed by atoms with Crippen molar-refractivity contribution >= 4 is 27.7 Å². The van der Waals surface area contributed by atoms with Gasteiger partial charge in [-0.3, -0.25) is 9.59 Å². The summed E-state index contributed by atoms with van der Waals surface area (Å²) < 4.78 is 17.4. The van der Waals surface area contributed by atoms with Crippen LogP contribution < -0.4 is 10.9 Å². The van der Waals surface area contributed by atoms with E-state index in [1.165, 1.54) is 6.07 Å². The molecule has 34 heavy (non-hydrogen) atoms. The van der Waals surface area contributed by atoms with Crippen molar-refractivity contribution in [1.82, 2.24) is 19.7 Å². The first-order valence-electron chi connectivity index (χ1n) is 11.1. The molecule has 3 aromatic carbocycles. The minimum absolute atomic E-state index is 0.188. The van der Waals surface area contributed by atoms with Crippen LogP contribution in [0.15, 0.2) is 89.9 Å². The van der Waals surface area contributed by atoms with E-state index >= 15 is 0 Å². The molecule has 2 heterocycles. The van der Waals surface area contributed by atoms with Crippen molar-refractivity contribution in [2.45, 2.75) is 26.1 Å². The molecule has 0 radical (unpaired) electrons. The van der Waals surface area contributed by atoms with Gasteiger partial charge in [-0.1, -0.05) is 66.7 Å². The first kappa shape index (κ1) is 21.6. The number of halogens is 1. The largest absolute Gasteiger partial charge is 0.348 e. The van der Waals surface area contributed by atoms with E-state index in [-0.39, 0.29) is 30.9 Å². The Balaban J connectivity index is 1.53. The second-order valence-electron chi connectivity index (χ2n) is 8.26. The third-order valence-corrected chi connectivity index (χ3v) is 6.03. The highest BCUT2D eigenvalue weighted by Gasteiger charge is 2.18. The molecule has 0 spiro atoms. The molecule has 0 aliphatic carbocycles. The summed E-state index contributed by atoms with van der Waals surface area (Å²) in [6.07, 6.45) is 1.60. The Hall–Kier alpha value is -4.26. The fourth-order valence-electron chi connectivity index (χ4n) is 4.32. The zero-order chi connectivity index (χ0) is 23.7. The molecule has 5 aromatic rings. The number of para-hydroxylation sites is 1. The van der Waals surface area contributed by atoms with Gasteiger partial charge in [-0.25, -0.2) is 9.07 Å². The predicted molar refractivity (Wildman–Crippen MR) is 130 cm³/mol. The lowest BCUT2D eigenvalue weighted by molar-refractivity contribution is -0.122. The van der Waals surface area contributed by atoms with Gasteiger partial charge in [-0.15, -0.1) is 0 Å². The Labute approximate surface area is 195 Å². The van der Waals surface area contributed by atoms with E-state index < -0.39 is 5.56 Å². The standard InChI is InChI=1S/C27H23FN4O2/c1-18(19-9-3-2-4-10-19)30-25(33)17-32-27(34)26-22(15-29-32)21-12-6-8-14-24(21)31(26)16-20-11-5-7-13-23(20)28/h2-15,18H,16-17H2,1H3,(H,30,33)/t18-/m1/s1.